The lowest BCUT2D eigenvalue weighted by molar-refractivity contribution is 0.190. The van der Waals surface area contributed by atoms with Crippen LogP contribution in [0.15, 0.2) is 54.6 Å². The number of hydrogen-bond acceptors (Lipinski definition) is 2. The van der Waals surface area contributed by atoms with E-state index in [0.717, 1.165) is 13.1 Å². The van der Waals surface area contributed by atoms with E-state index in [0.29, 0.717) is 6.04 Å². The number of nitrogens with one attached hydrogen (secondary N) is 1. The maximum absolute atomic E-state index is 3.77. The van der Waals surface area contributed by atoms with Crippen molar-refractivity contribution in [2.24, 2.45) is 0 Å². The quantitative estimate of drug-likeness (QED) is 0.521. The fourth-order valence-electron chi connectivity index (χ4n) is 3.80. The van der Waals surface area contributed by atoms with Crippen molar-refractivity contribution in [3.8, 4) is 0 Å². The number of piperidine rings is 1. The van der Waals surface area contributed by atoms with Gasteiger partial charge in [0.15, 0.2) is 0 Å². The zero-order valence-corrected chi connectivity index (χ0v) is 18.3. The molecule has 1 saturated heterocycles. The molecule has 1 N–H and O–H groups in total. The van der Waals surface area contributed by atoms with E-state index in [2.05, 4.69) is 71.7 Å². The lowest BCUT2D eigenvalue weighted by atomic mass is 10.0. The van der Waals surface area contributed by atoms with E-state index in [9.17, 15) is 0 Å². The van der Waals surface area contributed by atoms with Crippen LogP contribution in [-0.2, 0) is 19.5 Å². The third-order valence-corrected chi connectivity index (χ3v) is 5.52. The fourth-order valence-corrected chi connectivity index (χ4v) is 3.80. The lowest BCUT2D eigenvalue weighted by Crippen LogP contribution is -2.41. The molecule has 0 atom stereocenters. The van der Waals surface area contributed by atoms with Gasteiger partial charge in [-0.3, -0.25) is 4.90 Å². The van der Waals surface area contributed by atoms with E-state index in [4.69, 9.17) is 0 Å². The monoisotopic (exact) mass is 380 g/mol. The molecule has 0 saturated carbocycles. The Hall–Kier alpha value is -1.64. The Bertz CT molecular complexity index is 613. The zero-order chi connectivity index (χ0) is 20.0. The first-order valence-electron chi connectivity index (χ1n) is 11.4. The average molecular weight is 381 g/mol. The van der Waals surface area contributed by atoms with Gasteiger partial charge in [-0.15, -0.1) is 0 Å². The first-order valence-corrected chi connectivity index (χ1v) is 11.4. The van der Waals surface area contributed by atoms with E-state index in [1.165, 1.54) is 68.3 Å². The van der Waals surface area contributed by atoms with Crippen molar-refractivity contribution in [2.45, 2.75) is 78.4 Å². The smallest absolute Gasteiger partial charge is 0.0233 e. The molecule has 0 aromatic heterocycles. The summed E-state index contributed by atoms with van der Waals surface area (Å²) in [7, 11) is 0. The summed E-state index contributed by atoms with van der Waals surface area (Å²) in [5.41, 5.74) is 4.32. The number of likely N-dealkylation sites (tertiary alicyclic amines) is 1. The summed E-state index contributed by atoms with van der Waals surface area (Å²) in [4.78, 5) is 2.58. The van der Waals surface area contributed by atoms with Gasteiger partial charge >= 0.3 is 0 Å². The first kappa shape index (κ1) is 22.6. The summed E-state index contributed by atoms with van der Waals surface area (Å²) >= 11 is 0. The van der Waals surface area contributed by atoms with Gasteiger partial charge in [-0.05, 0) is 55.5 Å². The van der Waals surface area contributed by atoms with Crippen molar-refractivity contribution in [3.05, 3.63) is 71.3 Å². The third kappa shape index (κ3) is 8.16. The van der Waals surface area contributed by atoms with E-state index >= 15 is 0 Å². The van der Waals surface area contributed by atoms with Gasteiger partial charge in [-0.1, -0.05) is 88.2 Å². The maximum atomic E-state index is 3.77. The van der Waals surface area contributed by atoms with Gasteiger partial charge < -0.3 is 5.32 Å². The third-order valence-electron chi connectivity index (χ3n) is 5.52. The van der Waals surface area contributed by atoms with Gasteiger partial charge in [0.25, 0.3) is 0 Å². The molecular weight excluding hydrogens is 340 g/mol. The minimum Gasteiger partial charge on any atom is -0.310 e. The van der Waals surface area contributed by atoms with Crippen LogP contribution in [-0.4, -0.2) is 24.0 Å². The molecule has 0 aliphatic carbocycles. The number of unbranched alkanes of at least 4 members (excludes halogenated alkanes) is 2. The molecule has 1 heterocycles. The Morgan fingerprint density at radius 1 is 0.821 bits per heavy atom. The summed E-state index contributed by atoms with van der Waals surface area (Å²) in [5, 5.41) is 3.77. The lowest BCUT2D eigenvalue weighted by Gasteiger charge is -2.32. The maximum Gasteiger partial charge on any atom is 0.0233 e. The van der Waals surface area contributed by atoms with Gasteiger partial charge in [-0.2, -0.15) is 0 Å². The molecule has 1 aliphatic heterocycles. The largest absolute Gasteiger partial charge is 0.310 e. The Labute approximate surface area is 173 Å². The SMILES string of the molecule is CC.CCCCCc1ccc(CNC2CCN(Cc3ccccc3)CC2)cc1. The molecule has 1 fully saturated rings. The van der Waals surface area contributed by atoms with Crippen molar-refractivity contribution in [2.75, 3.05) is 13.1 Å². The van der Waals surface area contributed by atoms with E-state index in [1.807, 2.05) is 13.8 Å². The Kier molecular flexibility index (Phi) is 10.9. The molecule has 28 heavy (non-hydrogen) atoms. The molecular formula is C26H40N2. The van der Waals surface area contributed by atoms with Gasteiger partial charge in [-0.25, -0.2) is 0 Å². The Morgan fingerprint density at radius 3 is 2.11 bits per heavy atom. The molecule has 0 amide bonds. The highest BCUT2D eigenvalue weighted by Crippen LogP contribution is 2.15. The topological polar surface area (TPSA) is 15.3 Å². The molecule has 0 bridgehead atoms. The van der Waals surface area contributed by atoms with Gasteiger partial charge in [0.2, 0.25) is 0 Å². The second kappa shape index (κ2) is 13.5. The molecule has 2 aromatic rings. The van der Waals surface area contributed by atoms with Crippen LogP contribution >= 0.6 is 0 Å². The summed E-state index contributed by atoms with van der Waals surface area (Å²) in [6, 6.07) is 20.7. The molecule has 154 valence electrons. The summed E-state index contributed by atoms with van der Waals surface area (Å²) in [5.74, 6) is 0. The summed E-state index contributed by atoms with van der Waals surface area (Å²) in [6.45, 7) is 10.7. The second-order valence-corrected chi connectivity index (χ2v) is 7.69. The number of aryl methyl sites for hydroxylation is 1. The number of hydrogen-bond donors (Lipinski definition) is 1. The minimum absolute atomic E-state index is 0.659. The highest BCUT2D eigenvalue weighted by molar-refractivity contribution is 5.22. The van der Waals surface area contributed by atoms with Crippen LogP contribution in [0, 0.1) is 0 Å². The van der Waals surface area contributed by atoms with Crippen molar-refractivity contribution in [1.82, 2.24) is 10.2 Å². The molecule has 2 nitrogen and oxygen atoms in total. The normalized spacial score (nSPS) is 15.1. The van der Waals surface area contributed by atoms with Crippen molar-refractivity contribution in [1.29, 1.82) is 0 Å². The predicted molar refractivity (Wildman–Crippen MR) is 123 cm³/mol. The van der Waals surface area contributed by atoms with Crippen LogP contribution in [0.2, 0.25) is 0 Å². The van der Waals surface area contributed by atoms with Crippen LogP contribution in [0.1, 0.15) is 69.6 Å². The van der Waals surface area contributed by atoms with Gasteiger partial charge in [0.1, 0.15) is 0 Å². The van der Waals surface area contributed by atoms with Crippen LogP contribution in [0.3, 0.4) is 0 Å². The van der Waals surface area contributed by atoms with Crippen LogP contribution in [0.5, 0.6) is 0 Å². The standard InChI is InChI=1S/C24H34N2.C2H6/c1-2-3-5-8-21-11-13-22(14-12-21)19-25-24-15-17-26(18-16-24)20-23-9-6-4-7-10-23;1-2/h4,6-7,9-14,24-25H,2-3,5,8,15-20H2,1H3;1-2H3. The van der Waals surface area contributed by atoms with E-state index < -0.39 is 0 Å². The number of rotatable bonds is 9. The average Bonchev–Trinajstić information content (AvgIpc) is 2.76. The molecule has 3 rings (SSSR count). The van der Waals surface area contributed by atoms with Gasteiger partial charge in [0.05, 0.1) is 0 Å². The molecule has 0 unspecified atom stereocenters. The molecule has 0 radical (unpaired) electrons. The highest BCUT2D eigenvalue weighted by atomic mass is 15.1. The van der Waals surface area contributed by atoms with Gasteiger partial charge in [0, 0.05) is 19.1 Å². The van der Waals surface area contributed by atoms with E-state index in [-0.39, 0.29) is 0 Å². The number of benzene rings is 2. The van der Waals surface area contributed by atoms with Crippen molar-refractivity contribution in [3.63, 3.8) is 0 Å². The van der Waals surface area contributed by atoms with Crippen LogP contribution in [0.4, 0.5) is 0 Å². The Morgan fingerprint density at radius 2 is 1.46 bits per heavy atom. The molecule has 2 heteroatoms. The van der Waals surface area contributed by atoms with Crippen molar-refractivity contribution < 1.29 is 0 Å². The Balaban J connectivity index is 0.00000136. The van der Waals surface area contributed by atoms with Crippen molar-refractivity contribution >= 4 is 0 Å². The summed E-state index contributed by atoms with van der Waals surface area (Å²) in [6.07, 6.45) is 7.68. The van der Waals surface area contributed by atoms with Crippen LogP contribution < -0.4 is 5.32 Å². The first-order chi connectivity index (χ1) is 13.8. The zero-order valence-electron chi connectivity index (χ0n) is 18.3. The molecule has 2 aromatic carbocycles. The van der Waals surface area contributed by atoms with Crippen LogP contribution in [0.25, 0.3) is 0 Å². The minimum atomic E-state index is 0.659. The summed E-state index contributed by atoms with van der Waals surface area (Å²) < 4.78 is 0. The molecule has 0 spiro atoms. The second-order valence-electron chi connectivity index (χ2n) is 7.69. The number of nitrogens with zero attached hydrogens (tertiary/aromatic N) is 1. The fraction of sp³-hybridized carbons (Fsp3) is 0.538. The highest BCUT2D eigenvalue weighted by Gasteiger charge is 2.18. The molecule has 1 aliphatic rings. The predicted octanol–water partition coefficient (Wildman–Crippen LogP) is 6.20. The van der Waals surface area contributed by atoms with E-state index in [1.54, 1.807) is 0 Å².